The molecule has 0 unspecified atom stereocenters. The maximum absolute atomic E-state index is 14.2. The Morgan fingerprint density at radius 1 is 1.00 bits per heavy atom. The van der Waals surface area contributed by atoms with Gasteiger partial charge in [0.1, 0.15) is 11.5 Å². The van der Waals surface area contributed by atoms with Crippen LogP contribution in [0.2, 0.25) is 0 Å². The van der Waals surface area contributed by atoms with Crippen LogP contribution in [0, 0.1) is 25.5 Å². The van der Waals surface area contributed by atoms with Crippen molar-refractivity contribution >= 4 is 11.8 Å². The van der Waals surface area contributed by atoms with Gasteiger partial charge in [-0.3, -0.25) is 20.4 Å². The second-order valence-corrected chi connectivity index (χ2v) is 7.49. The maximum Gasteiger partial charge on any atom is 0.273 e. The second kappa shape index (κ2) is 9.68. The number of nitrogens with zero attached hydrogens (tertiary/aromatic N) is 2. The number of rotatable bonds is 6. The zero-order chi connectivity index (χ0) is 24.3. The lowest BCUT2D eigenvalue weighted by Crippen LogP contribution is -2.42. The minimum absolute atomic E-state index is 0.00381. The van der Waals surface area contributed by atoms with E-state index in [4.69, 9.17) is 9.47 Å². The third-order valence-electron chi connectivity index (χ3n) is 4.73. The van der Waals surface area contributed by atoms with E-state index < -0.39 is 23.4 Å². The molecule has 2 aromatic carbocycles. The topological polar surface area (TPSA) is 94.5 Å². The van der Waals surface area contributed by atoms with Crippen molar-refractivity contribution in [2.45, 2.75) is 33.8 Å². The summed E-state index contributed by atoms with van der Waals surface area (Å²) >= 11 is 0. The molecular weight excluding hydrogens is 434 g/mol. The van der Waals surface area contributed by atoms with Crippen molar-refractivity contribution in [2.24, 2.45) is 0 Å². The molecule has 3 aromatic rings. The fourth-order valence-corrected chi connectivity index (χ4v) is 3.27. The van der Waals surface area contributed by atoms with Gasteiger partial charge in [0.25, 0.3) is 11.8 Å². The summed E-state index contributed by atoms with van der Waals surface area (Å²) in [5, 5.41) is 4.18. The fraction of sp³-hybridized carbons (Fsp3) is 0.261. The molecule has 1 heterocycles. The Kier molecular flexibility index (Phi) is 6.95. The number of aryl methyl sites for hydroxylation is 1. The van der Waals surface area contributed by atoms with E-state index >= 15 is 0 Å². The minimum Gasteiger partial charge on any atom is -0.493 e. The molecular formula is C23H24F2N4O4. The molecule has 0 aliphatic carbocycles. The average molecular weight is 458 g/mol. The van der Waals surface area contributed by atoms with Crippen LogP contribution in [0.4, 0.5) is 8.78 Å². The highest BCUT2D eigenvalue weighted by atomic mass is 19.1. The zero-order valence-corrected chi connectivity index (χ0v) is 18.8. The Labute approximate surface area is 189 Å². The van der Waals surface area contributed by atoms with Crippen LogP contribution in [0.25, 0.3) is 5.69 Å². The summed E-state index contributed by atoms with van der Waals surface area (Å²) in [5.41, 5.74) is 5.68. The van der Waals surface area contributed by atoms with Gasteiger partial charge in [-0.25, -0.2) is 13.5 Å². The van der Waals surface area contributed by atoms with Gasteiger partial charge in [0.05, 0.1) is 30.2 Å². The van der Waals surface area contributed by atoms with Crippen LogP contribution in [0.15, 0.2) is 36.4 Å². The summed E-state index contributed by atoms with van der Waals surface area (Å²) in [6, 6.07) is 7.69. The van der Waals surface area contributed by atoms with Gasteiger partial charge in [-0.1, -0.05) is 0 Å². The first kappa shape index (κ1) is 23.7. The van der Waals surface area contributed by atoms with E-state index in [0.717, 1.165) is 12.1 Å². The van der Waals surface area contributed by atoms with Crippen LogP contribution in [-0.2, 0) is 0 Å². The lowest BCUT2D eigenvalue weighted by Gasteiger charge is -2.14. The molecule has 2 amide bonds. The number of hydrazine groups is 1. The zero-order valence-electron chi connectivity index (χ0n) is 18.8. The van der Waals surface area contributed by atoms with Crippen molar-refractivity contribution in [1.29, 1.82) is 0 Å². The second-order valence-electron chi connectivity index (χ2n) is 7.49. The van der Waals surface area contributed by atoms with E-state index in [9.17, 15) is 18.4 Å². The van der Waals surface area contributed by atoms with Gasteiger partial charge in [-0.05, 0) is 58.0 Å². The summed E-state index contributed by atoms with van der Waals surface area (Å²) in [5.74, 6) is -1.90. The average Bonchev–Trinajstić information content (AvgIpc) is 3.05. The number of methoxy groups -OCH3 is 1. The van der Waals surface area contributed by atoms with Crippen LogP contribution in [0.1, 0.15) is 46.0 Å². The number of carbonyl (C=O) groups excluding carboxylic acids is 2. The molecule has 2 N–H and O–H groups in total. The van der Waals surface area contributed by atoms with Gasteiger partial charge in [0.15, 0.2) is 17.3 Å². The fourth-order valence-electron chi connectivity index (χ4n) is 3.27. The highest BCUT2D eigenvalue weighted by Gasteiger charge is 2.22. The SMILES string of the molecule is COc1cc(C(=O)NNC(=O)c2c(C)nn(-c3ccc(F)cc3F)c2C)ccc1OC(C)C. The molecule has 3 rings (SSSR count). The Morgan fingerprint density at radius 2 is 1.70 bits per heavy atom. The van der Waals surface area contributed by atoms with E-state index in [-0.39, 0.29) is 22.9 Å². The highest BCUT2D eigenvalue weighted by Crippen LogP contribution is 2.29. The van der Waals surface area contributed by atoms with Gasteiger partial charge in [0.2, 0.25) is 0 Å². The number of hydrogen-bond donors (Lipinski definition) is 2. The molecule has 0 fully saturated rings. The quantitative estimate of drug-likeness (QED) is 0.550. The van der Waals surface area contributed by atoms with Crippen LogP contribution in [0.3, 0.4) is 0 Å². The van der Waals surface area contributed by atoms with E-state index in [1.54, 1.807) is 19.9 Å². The third kappa shape index (κ3) is 5.11. The number of benzene rings is 2. The predicted molar refractivity (Wildman–Crippen MR) is 117 cm³/mol. The normalized spacial score (nSPS) is 10.8. The van der Waals surface area contributed by atoms with E-state index in [1.165, 1.54) is 30.0 Å². The summed E-state index contributed by atoms with van der Waals surface area (Å²) in [7, 11) is 1.46. The lowest BCUT2D eigenvalue weighted by molar-refractivity contribution is 0.0845. The number of carbonyl (C=O) groups is 2. The molecule has 8 nitrogen and oxygen atoms in total. The van der Waals surface area contributed by atoms with Gasteiger partial charge in [0, 0.05) is 11.6 Å². The number of halogens is 2. The third-order valence-corrected chi connectivity index (χ3v) is 4.73. The molecule has 0 spiro atoms. The molecule has 0 aliphatic rings. The van der Waals surface area contributed by atoms with E-state index in [1.807, 2.05) is 13.8 Å². The molecule has 0 aliphatic heterocycles. The number of aromatic nitrogens is 2. The standard InChI is InChI=1S/C23H24F2N4O4/c1-12(2)33-19-9-6-15(10-20(19)32-5)22(30)26-27-23(31)21-13(3)28-29(14(21)4)18-8-7-16(24)11-17(18)25/h6-12H,1-5H3,(H,26,30)(H,27,31). The molecule has 0 radical (unpaired) electrons. The van der Waals surface area contributed by atoms with Crippen molar-refractivity contribution in [2.75, 3.05) is 7.11 Å². The Bertz CT molecular complexity index is 1210. The molecule has 0 saturated carbocycles. The van der Waals surface area contributed by atoms with Gasteiger partial charge in [-0.2, -0.15) is 5.10 Å². The molecule has 0 atom stereocenters. The first-order chi connectivity index (χ1) is 15.6. The lowest BCUT2D eigenvalue weighted by atomic mass is 10.2. The first-order valence-electron chi connectivity index (χ1n) is 10.1. The monoisotopic (exact) mass is 458 g/mol. The summed E-state index contributed by atoms with van der Waals surface area (Å²) in [6.07, 6.45) is -0.0753. The van der Waals surface area contributed by atoms with Gasteiger partial charge in [-0.15, -0.1) is 0 Å². The summed E-state index contributed by atoms with van der Waals surface area (Å²) in [6.45, 7) is 6.87. The van der Waals surface area contributed by atoms with Crippen molar-refractivity contribution < 1.29 is 27.8 Å². The van der Waals surface area contributed by atoms with Gasteiger partial charge >= 0.3 is 0 Å². The Balaban J connectivity index is 1.76. The molecule has 0 saturated heterocycles. The molecule has 10 heteroatoms. The van der Waals surface area contributed by atoms with Crippen molar-refractivity contribution in [3.63, 3.8) is 0 Å². The van der Waals surface area contributed by atoms with Crippen LogP contribution in [-0.4, -0.2) is 34.8 Å². The van der Waals surface area contributed by atoms with Crippen molar-refractivity contribution in [1.82, 2.24) is 20.6 Å². The number of ether oxygens (including phenoxy) is 2. The van der Waals surface area contributed by atoms with E-state index in [2.05, 4.69) is 16.0 Å². The predicted octanol–water partition coefficient (Wildman–Crippen LogP) is 3.64. The molecule has 33 heavy (non-hydrogen) atoms. The van der Waals surface area contributed by atoms with Crippen molar-refractivity contribution in [3.8, 4) is 17.2 Å². The molecule has 1 aromatic heterocycles. The Morgan fingerprint density at radius 3 is 2.33 bits per heavy atom. The van der Waals surface area contributed by atoms with Crippen LogP contribution < -0.4 is 20.3 Å². The smallest absolute Gasteiger partial charge is 0.273 e. The Hall–Kier alpha value is -3.95. The van der Waals surface area contributed by atoms with Crippen LogP contribution >= 0.6 is 0 Å². The number of hydrogen-bond acceptors (Lipinski definition) is 5. The minimum atomic E-state index is -0.820. The van der Waals surface area contributed by atoms with Gasteiger partial charge < -0.3 is 9.47 Å². The molecule has 0 bridgehead atoms. The highest BCUT2D eigenvalue weighted by molar-refractivity contribution is 6.00. The summed E-state index contributed by atoms with van der Waals surface area (Å²) in [4.78, 5) is 25.3. The van der Waals surface area contributed by atoms with Crippen molar-refractivity contribution in [3.05, 3.63) is 70.5 Å². The summed E-state index contributed by atoms with van der Waals surface area (Å²) < 4.78 is 39.5. The van der Waals surface area contributed by atoms with Crippen LogP contribution in [0.5, 0.6) is 11.5 Å². The van der Waals surface area contributed by atoms with E-state index in [0.29, 0.717) is 22.9 Å². The number of nitrogens with one attached hydrogen (secondary N) is 2. The number of amides is 2. The largest absolute Gasteiger partial charge is 0.493 e. The first-order valence-corrected chi connectivity index (χ1v) is 10.1. The maximum atomic E-state index is 14.2. The molecule has 174 valence electrons.